The summed E-state index contributed by atoms with van der Waals surface area (Å²) in [6, 6.07) is 0. The summed E-state index contributed by atoms with van der Waals surface area (Å²) in [6.45, 7) is 11.3. The molecule has 0 saturated carbocycles. The van der Waals surface area contributed by atoms with Gasteiger partial charge in [-0.15, -0.1) is 0 Å². The summed E-state index contributed by atoms with van der Waals surface area (Å²) in [5.41, 5.74) is 0.364. The second kappa shape index (κ2) is 7.72. The largest absolute Gasteiger partial charge is 0.381 e. The van der Waals surface area contributed by atoms with Crippen molar-refractivity contribution in [1.82, 2.24) is 15.1 Å². The monoisotopic (exact) mass is 336 g/mol. The number of carbonyl (C=O) groups is 1. The first-order chi connectivity index (χ1) is 11.6. The normalized spacial score (nSPS) is 28.8. The van der Waals surface area contributed by atoms with Crippen molar-refractivity contribution >= 4 is 11.9 Å². The summed E-state index contributed by atoms with van der Waals surface area (Å²) in [5.74, 6) is 1.86. The molecule has 0 aromatic heterocycles. The Morgan fingerprint density at radius 2 is 2.04 bits per heavy atom. The van der Waals surface area contributed by atoms with E-state index in [0.717, 1.165) is 71.3 Å². The Morgan fingerprint density at radius 1 is 1.25 bits per heavy atom. The van der Waals surface area contributed by atoms with Crippen LogP contribution >= 0.6 is 0 Å². The average Bonchev–Trinajstić information content (AvgIpc) is 3.22. The van der Waals surface area contributed by atoms with Crippen LogP contribution < -0.4 is 5.32 Å². The summed E-state index contributed by atoms with van der Waals surface area (Å²) in [5, 5.41) is 3.47. The van der Waals surface area contributed by atoms with Crippen LogP contribution in [0.5, 0.6) is 0 Å². The Morgan fingerprint density at radius 3 is 2.67 bits per heavy atom. The molecule has 1 N–H and O–H groups in total. The zero-order chi connectivity index (χ0) is 17.0. The van der Waals surface area contributed by atoms with Gasteiger partial charge in [0.05, 0.1) is 6.61 Å². The van der Waals surface area contributed by atoms with Gasteiger partial charge in [0.25, 0.3) is 0 Å². The van der Waals surface area contributed by atoms with Crippen LogP contribution in [0.4, 0.5) is 0 Å². The van der Waals surface area contributed by atoms with E-state index in [1.165, 1.54) is 12.8 Å². The van der Waals surface area contributed by atoms with E-state index >= 15 is 0 Å². The molecular formula is C18H32N4O2. The number of rotatable bonds is 3. The molecule has 0 aromatic rings. The Bertz CT molecular complexity index is 466. The predicted octanol–water partition coefficient (Wildman–Crippen LogP) is 1.32. The SMILES string of the molecule is CCNC(=NCC1CCN(C(C)=O)CC1)N1CCC2(CCOC2)C1. The second-order valence-corrected chi connectivity index (χ2v) is 7.62. The standard InChI is InChI=1S/C18H32N4O2/c1-3-19-17(22-10-6-18(13-22)7-11-24-14-18)20-12-16-4-8-21(9-5-16)15(2)23/h16H,3-14H2,1-2H3,(H,19,20). The van der Waals surface area contributed by atoms with Crippen molar-refractivity contribution in [3.8, 4) is 0 Å². The Hall–Kier alpha value is -1.30. The van der Waals surface area contributed by atoms with E-state index in [4.69, 9.17) is 9.73 Å². The van der Waals surface area contributed by atoms with Crippen molar-refractivity contribution in [3.05, 3.63) is 0 Å². The van der Waals surface area contributed by atoms with Gasteiger partial charge >= 0.3 is 0 Å². The first-order valence-corrected chi connectivity index (χ1v) is 9.48. The highest BCUT2D eigenvalue weighted by molar-refractivity contribution is 5.80. The highest BCUT2D eigenvalue weighted by Crippen LogP contribution is 2.38. The average molecular weight is 336 g/mol. The minimum absolute atomic E-state index is 0.200. The van der Waals surface area contributed by atoms with Gasteiger partial charge in [-0.3, -0.25) is 9.79 Å². The number of hydrogen-bond acceptors (Lipinski definition) is 3. The molecule has 24 heavy (non-hydrogen) atoms. The molecule has 0 bridgehead atoms. The van der Waals surface area contributed by atoms with Crippen LogP contribution in [0.3, 0.4) is 0 Å². The van der Waals surface area contributed by atoms with Crippen molar-refractivity contribution in [1.29, 1.82) is 0 Å². The van der Waals surface area contributed by atoms with Gasteiger partial charge in [0, 0.05) is 58.2 Å². The fourth-order valence-electron chi connectivity index (χ4n) is 4.16. The molecule has 3 aliphatic rings. The minimum atomic E-state index is 0.200. The summed E-state index contributed by atoms with van der Waals surface area (Å²) in [4.78, 5) is 20.7. The van der Waals surface area contributed by atoms with Gasteiger partial charge in [0.1, 0.15) is 0 Å². The number of guanidine groups is 1. The van der Waals surface area contributed by atoms with E-state index in [0.29, 0.717) is 11.3 Å². The molecule has 1 amide bonds. The summed E-state index contributed by atoms with van der Waals surface area (Å²) in [6.07, 6.45) is 4.54. The fourth-order valence-corrected chi connectivity index (χ4v) is 4.16. The molecular weight excluding hydrogens is 304 g/mol. The van der Waals surface area contributed by atoms with Crippen LogP contribution in [0.25, 0.3) is 0 Å². The molecule has 3 heterocycles. The Labute approximate surface area is 145 Å². The van der Waals surface area contributed by atoms with Gasteiger partial charge in [-0.2, -0.15) is 0 Å². The van der Waals surface area contributed by atoms with E-state index in [9.17, 15) is 4.79 Å². The predicted molar refractivity (Wildman–Crippen MR) is 95.0 cm³/mol. The van der Waals surface area contributed by atoms with Gasteiger partial charge < -0.3 is 19.9 Å². The third kappa shape index (κ3) is 4.02. The number of ether oxygens (including phenoxy) is 1. The molecule has 3 rings (SSSR count). The van der Waals surface area contributed by atoms with Gasteiger partial charge in [-0.05, 0) is 38.5 Å². The molecule has 1 atom stereocenters. The van der Waals surface area contributed by atoms with Gasteiger partial charge in [-0.25, -0.2) is 0 Å². The minimum Gasteiger partial charge on any atom is -0.381 e. The Balaban J connectivity index is 1.54. The van der Waals surface area contributed by atoms with Crippen molar-refractivity contribution in [3.63, 3.8) is 0 Å². The molecule has 136 valence electrons. The molecule has 3 fully saturated rings. The van der Waals surface area contributed by atoms with E-state index in [-0.39, 0.29) is 5.91 Å². The van der Waals surface area contributed by atoms with Crippen molar-refractivity contribution in [2.75, 3.05) is 52.5 Å². The molecule has 0 aliphatic carbocycles. The molecule has 0 aromatic carbocycles. The summed E-state index contributed by atoms with van der Waals surface area (Å²) in [7, 11) is 0. The third-order valence-corrected chi connectivity index (χ3v) is 5.82. The number of nitrogens with one attached hydrogen (secondary N) is 1. The molecule has 0 radical (unpaired) electrons. The van der Waals surface area contributed by atoms with Gasteiger partial charge in [0.2, 0.25) is 5.91 Å². The van der Waals surface area contributed by atoms with Crippen LogP contribution in [0.15, 0.2) is 4.99 Å². The van der Waals surface area contributed by atoms with Crippen LogP contribution in [0.1, 0.15) is 39.5 Å². The number of hydrogen-bond donors (Lipinski definition) is 1. The lowest BCUT2D eigenvalue weighted by Crippen LogP contribution is -2.42. The van der Waals surface area contributed by atoms with Crippen molar-refractivity contribution in [2.24, 2.45) is 16.3 Å². The fraction of sp³-hybridized carbons (Fsp3) is 0.889. The topological polar surface area (TPSA) is 57.2 Å². The second-order valence-electron chi connectivity index (χ2n) is 7.62. The van der Waals surface area contributed by atoms with Crippen LogP contribution in [-0.2, 0) is 9.53 Å². The van der Waals surface area contributed by atoms with Crippen LogP contribution in [0.2, 0.25) is 0 Å². The number of amides is 1. The van der Waals surface area contributed by atoms with E-state index in [1.807, 2.05) is 4.90 Å². The van der Waals surface area contributed by atoms with E-state index < -0.39 is 0 Å². The van der Waals surface area contributed by atoms with Crippen LogP contribution in [-0.4, -0.2) is 74.1 Å². The Kier molecular flexibility index (Phi) is 5.64. The zero-order valence-electron chi connectivity index (χ0n) is 15.2. The maximum atomic E-state index is 11.4. The highest BCUT2D eigenvalue weighted by Gasteiger charge is 2.42. The number of carbonyl (C=O) groups excluding carboxylic acids is 1. The summed E-state index contributed by atoms with van der Waals surface area (Å²) >= 11 is 0. The third-order valence-electron chi connectivity index (χ3n) is 5.82. The number of aliphatic imine (C=N–C) groups is 1. The first kappa shape index (κ1) is 17.5. The molecule has 6 heteroatoms. The van der Waals surface area contributed by atoms with E-state index in [1.54, 1.807) is 6.92 Å². The maximum absolute atomic E-state index is 11.4. The molecule has 6 nitrogen and oxygen atoms in total. The lowest BCUT2D eigenvalue weighted by atomic mass is 9.87. The lowest BCUT2D eigenvalue weighted by Gasteiger charge is -2.31. The molecule has 1 spiro atoms. The summed E-state index contributed by atoms with van der Waals surface area (Å²) < 4.78 is 5.64. The highest BCUT2D eigenvalue weighted by atomic mass is 16.5. The zero-order valence-corrected chi connectivity index (χ0v) is 15.2. The lowest BCUT2D eigenvalue weighted by molar-refractivity contribution is -0.130. The maximum Gasteiger partial charge on any atom is 0.219 e. The van der Waals surface area contributed by atoms with Crippen molar-refractivity contribution in [2.45, 2.75) is 39.5 Å². The first-order valence-electron chi connectivity index (χ1n) is 9.48. The molecule has 3 saturated heterocycles. The number of piperidine rings is 1. The molecule has 1 unspecified atom stereocenters. The number of likely N-dealkylation sites (tertiary alicyclic amines) is 2. The smallest absolute Gasteiger partial charge is 0.219 e. The van der Waals surface area contributed by atoms with Gasteiger partial charge in [0.15, 0.2) is 5.96 Å². The number of nitrogens with zero attached hydrogens (tertiary/aromatic N) is 3. The van der Waals surface area contributed by atoms with Crippen LogP contribution in [0, 0.1) is 11.3 Å². The van der Waals surface area contributed by atoms with Crippen molar-refractivity contribution < 1.29 is 9.53 Å². The quantitative estimate of drug-likeness (QED) is 0.624. The van der Waals surface area contributed by atoms with E-state index in [2.05, 4.69) is 17.1 Å². The van der Waals surface area contributed by atoms with Gasteiger partial charge in [-0.1, -0.05) is 0 Å². The molecule has 3 aliphatic heterocycles.